The number of hydrogen-bond donors (Lipinski definition) is 1. The topological polar surface area (TPSA) is 107 Å². The third-order valence-corrected chi connectivity index (χ3v) is 7.68. The summed E-state index contributed by atoms with van der Waals surface area (Å²) in [6.07, 6.45) is 5.02. The first-order chi connectivity index (χ1) is 11.5. The maximum atomic E-state index is 12.8. The van der Waals surface area contributed by atoms with Crippen LogP contribution in [0.25, 0.3) is 5.00 Å². The largest absolute Gasteiger partial charge is 0.352 e. The predicted octanol–water partition coefficient (Wildman–Crippen LogP) is 0.377. The Morgan fingerprint density at radius 3 is 3.00 bits per heavy atom. The third kappa shape index (κ3) is 2.84. The van der Waals surface area contributed by atoms with Gasteiger partial charge >= 0.3 is 0 Å². The van der Waals surface area contributed by atoms with Crippen molar-refractivity contribution >= 4 is 27.1 Å². The molecule has 2 aliphatic rings. The number of hydrogen-bond acceptors (Lipinski definition) is 7. The second kappa shape index (κ2) is 5.92. The first kappa shape index (κ1) is 15.7. The van der Waals surface area contributed by atoms with Gasteiger partial charge in [-0.1, -0.05) is 0 Å². The SMILES string of the molecule is O=C(NC[C@@H]1CCS(=O)(=O)C1)c1c(-n2cnnn2)sc2c1CCC2. The monoisotopic (exact) mass is 367 g/mol. The van der Waals surface area contributed by atoms with Crippen LogP contribution in [0.15, 0.2) is 6.33 Å². The second-order valence-corrected chi connectivity index (χ2v) is 9.58. The van der Waals surface area contributed by atoms with Crippen molar-refractivity contribution in [3.63, 3.8) is 0 Å². The number of carbonyl (C=O) groups is 1. The summed E-state index contributed by atoms with van der Waals surface area (Å²) in [7, 11) is -2.93. The van der Waals surface area contributed by atoms with Crippen LogP contribution in [0, 0.1) is 5.92 Å². The average Bonchev–Trinajstić information content (AvgIpc) is 3.27. The molecule has 1 amide bonds. The van der Waals surface area contributed by atoms with E-state index in [1.54, 1.807) is 11.3 Å². The molecule has 1 saturated heterocycles. The number of tetrazole rings is 1. The third-order valence-electron chi connectivity index (χ3n) is 4.56. The Morgan fingerprint density at radius 1 is 1.42 bits per heavy atom. The van der Waals surface area contributed by atoms with Gasteiger partial charge in [-0.05, 0) is 47.6 Å². The minimum absolute atomic E-state index is 0.00196. The van der Waals surface area contributed by atoms with Crippen molar-refractivity contribution in [1.29, 1.82) is 0 Å². The molecule has 1 fully saturated rings. The second-order valence-electron chi connectivity index (χ2n) is 6.27. The molecule has 0 saturated carbocycles. The van der Waals surface area contributed by atoms with Gasteiger partial charge in [0, 0.05) is 11.4 Å². The highest BCUT2D eigenvalue weighted by Crippen LogP contribution is 2.37. The molecule has 1 N–H and O–H groups in total. The number of rotatable bonds is 4. The number of nitrogens with zero attached hydrogens (tertiary/aromatic N) is 4. The normalized spacial score (nSPS) is 21.8. The summed E-state index contributed by atoms with van der Waals surface area (Å²) in [6, 6.07) is 0. The molecule has 0 aromatic carbocycles. The van der Waals surface area contributed by atoms with Crippen LogP contribution in [0.3, 0.4) is 0 Å². The minimum Gasteiger partial charge on any atom is -0.352 e. The van der Waals surface area contributed by atoms with E-state index in [1.165, 1.54) is 15.9 Å². The quantitative estimate of drug-likeness (QED) is 0.837. The molecule has 0 unspecified atom stereocenters. The number of sulfone groups is 1. The molecular weight excluding hydrogens is 350 g/mol. The number of aromatic nitrogens is 4. The standard InChI is InChI=1S/C14H17N5O3S2/c20-13(15-6-9-4-5-24(21,22)7-9)12-10-2-1-3-11(10)23-14(12)19-8-16-17-18-19/h8-9H,1-7H2,(H,15,20)/t9-/m0/s1. The number of carbonyl (C=O) groups excluding carboxylic acids is 1. The van der Waals surface area contributed by atoms with Gasteiger partial charge in [-0.3, -0.25) is 4.79 Å². The molecule has 1 atom stereocenters. The van der Waals surface area contributed by atoms with Crippen LogP contribution in [0.5, 0.6) is 0 Å². The zero-order chi connectivity index (χ0) is 16.7. The highest BCUT2D eigenvalue weighted by molar-refractivity contribution is 7.91. The fraction of sp³-hybridized carbons (Fsp3) is 0.571. The first-order valence-electron chi connectivity index (χ1n) is 7.90. The fourth-order valence-corrected chi connectivity index (χ4v) is 6.56. The van der Waals surface area contributed by atoms with Crippen molar-refractivity contribution in [2.75, 3.05) is 18.1 Å². The van der Waals surface area contributed by atoms with E-state index in [0.717, 1.165) is 29.8 Å². The van der Waals surface area contributed by atoms with Gasteiger partial charge in [0.25, 0.3) is 5.91 Å². The lowest BCUT2D eigenvalue weighted by atomic mass is 10.1. The summed E-state index contributed by atoms with van der Waals surface area (Å²) < 4.78 is 24.6. The summed E-state index contributed by atoms with van der Waals surface area (Å²) >= 11 is 1.56. The Kier molecular flexibility index (Phi) is 3.87. The van der Waals surface area contributed by atoms with Crippen LogP contribution in [0.2, 0.25) is 0 Å². The van der Waals surface area contributed by atoms with Crippen molar-refractivity contribution in [2.24, 2.45) is 5.92 Å². The van der Waals surface area contributed by atoms with E-state index in [1.807, 2.05) is 0 Å². The maximum Gasteiger partial charge on any atom is 0.254 e. The van der Waals surface area contributed by atoms with E-state index in [4.69, 9.17) is 0 Å². The summed E-state index contributed by atoms with van der Waals surface area (Å²) in [5, 5.41) is 14.9. The first-order valence-corrected chi connectivity index (χ1v) is 10.5. The van der Waals surface area contributed by atoms with Crippen molar-refractivity contribution in [3.05, 3.63) is 22.3 Å². The van der Waals surface area contributed by atoms with E-state index in [-0.39, 0.29) is 23.3 Å². The summed E-state index contributed by atoms with van der Waals surface area (Å²) in [5.74, 6) is 0.220. The lowest BCUT2D eigenvalue weighted by Crippen LogP contribution is -2.30. The number of thiophene rings is 1. The van der Waals surface area contributed by atoms with Crippen molar-refractivity contribution in [3.8, 4) is 5.00 Å². The molecule has 0 spiro atoms. The summed E-state index contributed by atoms with van der Waals surface area (Å²) in [6.45, 7) is 0.387. The fourth-order valence-electron chi connectivity index (χ4n) is 3.40. The van der Waals surface area contributed by atoms with Gasteiger partial charge < -0.3 is 5.32 Å². The molecule has 128 valence electrons. The average molecular weight is 367 g/mol. The van der Waals surface area contributed by atoms with E-state index < -0.39 is 9.84 Å². The molecule has 8 nitrogen and oxygen atoms in total. The van der Waals surface area contributed by atoms with Gasteiger partial charge in [-0.2, -0.15) is 4.68 Å². The van der Waals surface area contributed by atoms with Crippen LogP contribution in [-0.2, 0) is 22.7 Å². The molecule has 1 aliphatic carbocycles. The number of amides is 1. The number of nitrogens with one attached hydrogen (secondary N) is 1. The molecule has 2 aromatic rings. The molecule has 2 aromatic heterocycles. The van der Waals surface area contributed by atoms with Crippen LogP contribution in [0.4, 0.5) is 0 Å². The van der Waals surface area contributed by atoms with Gasteiger partial charge in [0.05, 0.1) is 17.1 Å². The maximum absolute atomic E-state index is 12.8. The van der Waals surface area contributed by atoms with Crippen molar-refractivity contribution < 1.29 is 13.2 Å². The van der Waals surface area contributed by atoms with Crippen LogP contribution < -0.4 is 5.32 Å². The highest BCUT2D eigenvalue weighted by Gasteiger charge is 2.31. The Hall–Kier alpha value is -1.81. The smallest absolute Gasteiger partial charge is 0.254 e. The number of fused-ring (bicyclic) bond motifs is 1. The van der Waals surface area contributed by atoms with Gasteiger partial charge in [-0.25, -0.2) is 8.42 Å². The van der Waals surface area contributed by atoms with Crippen LogP contribution >= 0.6 is 11.3 Å². The van der Waals surface area contributed by atoms with E-state index in [9.17, 15) is 13.2 Å². The van der Waals surface area contributed by atoms with Crippen LogP contribution in [-0.4, -0.2) is 52.6 Å². The molecule has 10 heteroatoms. The zero-order valence-electron chi connectivity index (χ0n) is 12.9. The molecular formula is C14H17N5O3S2. The predicted molar refractivity (Wildman–Crippen MR) is 88.2 cm³/mol. The zero-order valence-corrected chi connectivity index (χ0v) is 14.6. The van der Waals surface area contributed by atoms with E-state index in [2.05, 4.69) is 20.8 Å². The van der Waals surface area contributed by atoms with E-state index in [0.29, 0.717) is 18.5 Å². The van der Waals surface area contributed by atoms with Crippen molar-refractivity contribution in [1.82, 2.24) is 25.5 Å². The van der Waals surface area contributed by atoms with Gasteiger partial charge in [0.15, 0.2) is 9.84 Å². The molecule has 0 bridgehead atoms. The molecule has 3 heterocycles. The molecule has 0 radical (unpaired) electrons. The minimum atomic E-state index is -2.93. The summed E-state index contributed by atoms with van der Waals surface area (Å²) in [4.78, 5) is 14.0. The highest BCUT2D eigenvalue weighted by atomic mass is 32.2. The molecule has 4 rings (SSSR count). The Morgan fingerprint density at radius 2 is 2.29 bits per heavy atom. The van der Waals surface area contributed by atoms with Gasteiger partial charge in [-0.15, -0.1) is 16.4 Å². The van der Waals surface area contributed by atoms with E-state index >= 15 is 0 Å². The molecule has 24 heavy (non-hydrogen) atoms. The van der Waals surface area contributed by atoms with Crippen molar-refractivity contribution in [2.45, 2.75) is 25.7 Å². The Balaban J connectivity index is 1.56. The lowest BCUT2D eigenvalue weighted by molar-refractivity contribution is 0.0948. The Labute approximate surface area is 143 Å². The molecule has 1 aliphatic heterocycles. The summed E-state index contributed by atoms with van der Waals surface area (Å²) in [5.41, 5.74) is 1.72. The van der Waals surface area contributed by atoms with Gasteiger partial charge in [0.1, 0.15) is 11.3 Å². The number of aryl methyl sites for hydroxylation is 1. The van der Waals surface area contributed by atoms with Gasteiger partial charge in [0.2, 0.25) is 0 Å². The lowest BCUT2D eigenvalue weighted by Gasteiger charge is -2.11. The van der Waals surface area contributed by atoms with Crippen LogP contribution in [0.1, 0.15) is 33.6 Å². The Bertz CT molecular complexity index is 873.